The predicted octanol–water partition coefficient (Wildman–Crippen LogP) is 3.71. The van der Waals surface area contributed by atoms with Gasteiger partial charge in [0, 0.05) is 10.9 Å². The molecule has 4 aromatic rings. The molecule has 1 atom stereocenters. The highest BCUT2D eigenvalue weighted by Gasteiger charge is 2.15. The number of fused-ring (bicyclic) bond motifs is 1. The zero-order chi connectivity index (χ0) is 22.5. The van der Waals surface area contributed by atoms with Gasteiger partial charge in [0.15, 0.2) is 0 Å². The lowest BCUT2D eigenvalue weighted by molar-refractivity contribution is 0.0882. The molecule has 6 nitrogen and oxygen atoms in total. The minimum absolute atomic E-state index is 0.0373. The fourth-order valence-electron chi connectivity index (χ4n) is 3.42. The van der Waals surface area contributed by atoms with Crippen molar-refractivity contribution >= 4 is 10.8 Å². The molecule has 0 spiro atoms. The summed E-state index contributed by atoms with van der Waals surface area (Å²) >= 11 is 0. The topological polar surface area (TPSA) is 88.1 Å². The first-order valence-corrected chi connectivity index (χ1v) is 10.1. The normalized spacial score (nSPS) is 11.8. The van der Waals surface area contributed by atoms with Crippen LogP contribution in [0.4, 0.5) is 4.39 Å². The van der Waals surface area contributed by atoms with Crippen molar-refractivity contribution in [1.82, 2.24) is 9.78 Å². The Morgan fingerprint density at radius 3 is 2.41 bits per heavy atom. The molecule has 7 heteroatoms. The minimum atomic E-state index is -0.985. The second-order valence-corrected chi connectivity index (χ2v) is 7.33. The van der Waals surface area contributed by atoms with Crippen molar-refractivity contribution in [3.63, 3.8) is 0 Å². The van der Waals surface area contributed by atoms with Crippen LogP contribution in [-0.2, 0) is 13.0 Å². The molecule has 1 N–H and O–H groups in total. The summed E-state index contributed by atoms with van der Waals surface area (Å²) < 4.78 is 20.2. The third-order valence-electron chi connectivity index (χ3n) is 5.02. The maximum atomic E-state index is 13.4. The highest BCUT2D eigenvalue weighted by molar-refractivity contribution is 5.93. The molecular formula is C25H20FN3O3. The average molecular weight is 429 g/mol. The van der Waals surface area contributed by atoms with Crippen LogP contribution < -0.4 is 10.3 Å². The van der Waals surface area contributed by atoms with Crippen molar-refractivity contribution in [1.29, 1.82) is 5.26 Å². The largest absolute Gasteiger partial charge is 0.491 e. The number of nitrogens with zero attached hydrogens (tertiary/aromatic N) is 3. The van der Waals surface area contributed by atoms with Gasteiger partial charge < -0.3 is 9.84 Å². The molecule has 32 heavy (non-hydrogen) atoms. The second-order valence-electron chi connectivity index (χ2n) is 7.33. The van der Waals surface area contributed by atoms with Crippen molar-refractivity contribution in [2.45, 2.75) is 19.1 Å². The van der Waals surface area contributed by atoms with E-state index < -0.39 is 6.10 Å². The molecule has 0 fully saturated rings. The molecule has 160 valence electrons. The van der Waals surface area contributed by atoms with Crippen molar-refractivity contribution in [3.05, 3.63) is 94.5 Å². The van der Waals surface area contributed by atoms with Crippen LogP contribution in [0.25, 0.3) is 22.0 Å². The Kier molecular flexibility index (Phi) is 6.24. The number of aliphatic hydroxyl groups is 1. The van der Waals surface area contributed by atoms with E-state index in [-0.39, 0.29) is 24.5 Å². The van der Waals surface area contributed by atoms with Crippen LogP contribution in [0.15, 0.2) is 77.6 Å². The Labute approximate surface area is 183 Å². The quantitative estimate of drug-likeness (QED) is 0.484. The summed E-state index contributed by atoms with van der Waals surface area (Å²) in [5.41, 5.74) is 1.74. The van der Waals surface area contributed by atoms with Gasteiger partial charge in [0.05, 0.1) is 30.1 Å². The first-order valence-electron chi connectivity index (χ1n) is 10.1. The molecule has 0 saturated heterocycles. The molecule has 1 unspecified atom stereocenters. The van der Waals surface area contributed by atoms with E-state index >= 15 is 0 Å². The van der Waals surface area contributed by atoms with Gasteiger partial charge in [0.25, 0.3) is 5.56 Å². The Morgan fingerprint density at radius 2 is 1.72 bits per heavy atom. The molecule has 0 aliphatic heterocycles. The summed E-state index contributed by atoms with van der Waals surface area (Å²) in [5, 5.41) is 24.8. The molecule has 3 aromatic carbocycles. The third kappa shape index (κ3) is 4.66. The van der Waals surface area contributed by atoms with Gasteiger partial charge in [-0.25, -0.2) is 9.07 Å². The van der Waals surface area contributed by atoms with Crippen LogP contribution in [-0.4, -0.2) is 27.6 Å². The van der Waals surface area contributed by atoms with Crippen molar-refractivity contribution in [2.75, 3.05) is 6.61 Å². The standard InChI is InChI=1S/C25H20FN3O3/c26-19-9-7-18(8-10-19)24-22-3-1-2-4-23(22)25(31)29(28-24)15-20(30)16-32-21-11-5-17(6-12-21)13-14-27/h1-12,20,30H,13,15-16H2. The van der Waals surface area contributed by atoms with Crippen LogP contribution in [0.2, 0.25) is 0 Å². The lowest BCUT2D eigenvalue weighted by Gasteiger charge is -2.15. The van der Waals surface area contributed by atoms with E-state index in [2.05, 4.69) is 11.2 Å². The highest BCUT2D eigenvalue weighted by Crippen LogP contribution is 2.24. The molecular weight excluding hydrogens is 409 g/mol. The first kappa shape index (κ1) is 21.2. The van der Waals surface area contributed by atoms with Gasteiger partial charge in [-0.05, 0) is 48.0 Å². The molecule has 4 rings (SSSR count). The molecule has 0 aliphatic rings. The summed E-state index contributed by atoms with van der Waals surface area (Å²) in [6, 6.07) is 22.1. The molecule has 0 bridgehead atoms. The number of hydrogen-bond acceptors (Lipinski definition) is 5. The number of ether oxygens (including phenoxy) is 1. The Morgan fingerprint density at radius 1 is 1.03 bits per heavy atom. The zero-order valence-corrected chi connectivity index (χ0v) is 17.1. The van der Waals surface area contributed by atoms with Crippen LogP contribution in [0.3, 0.4) is 0 Å². The number of halogens is 1. The maximum Gasteiger partial charge on any atom is 0.274 e. The van der Waals surface area contributed by atoms with Crippen molar-refractivity contribution in [2.24, 2.45) is 0 Å². The summed E-state index contributed by atoms with van der Waals surface area (Å²) in [5.74, 6) is 0.191. The predicted molar refractivity (Wildman–Crippen MR) is 119 cm³/mol. The number of rotatable bonds is 7. The fraction of sp³-hybridized carbons (Fsp3) is 0.160. The Hall–Kier alpha value is -4.02. The number of nitriles is 1. The lowest BCUT2D eigenvalue weighted by atomic mass is 10.1. The smallest absolute Gasteiger partial charge is 0.274 e. The van der Waals surface area contributed by atoms with E-state index in [9.17, 15) is 14.3 Å². The van der Waals surface area contributed by atoms with Gasteiger partial charge in [-0.15, -0.1) is 0 Å². The molecule has 0 aliphatic carbocycles. The molecule has 1 heterocycles. The van der Waals surface area contributed by atoms with Crippen molar-refractivity contribution in [3.8, 4) is 23.1 Å². The van der Waals surface area contributed by atoms with E-state index in [4.69, 9.17) is 10.00 Å². The zero-order valence-electron chi connectivity index (χ0n) is 17.1. The molecule has 0 amide bonds. The third-order valence-corrected chi connectivity index (χ3v) is 5.02. The van der Waals surface area contributed by atoms with Crippen LogP contribution in [0.5, 0.6) is 5.75 Å². The summed E-state index contributed by atoms with van der Waals surface area (Å²) in [7, 11) is 0. The Bertz CT molecular complexity index is 1330. The van der Waals surface area contributed by atoms with Crippen LogP contribution in [0, 0.1) is 17.1 Å². The van der Waals surface area contributed by atoms with Crippen LogP contribution in [0.1, 0.15) is 5.56 Å². The van der Waals surface area contributed by atoms with Gasteiger partial charge >= 0.3 is 0 Å². The Balaban J connectivity index is 1.57. The fourth-order valence-corrected chi connectivity index (χ4v) is 3.42. The number of benzene rings is 3. The summed E-state index contributed by atoms with van der Waals surface area (Å²) in [4.78, 5) is 12.9. The monoisotopic (exact) mass is 429 g/mol. The van der Waals surface area contributed by atoms with Gasteiger partial charge in [0.2, 0.25) is 0 Å². The first-order chi connectivity index (χ1) is 15.5. The second kappa shape index (κ2) is 9.41. The van der Waals surface area contributed by atoms with E-state index in [0.717, 1.165) is 5.56 Å². The van der Waals surface area contributed by atoms with Gasteiger partial charge in [-0.2, -0.15) is 10.4 Å². The van der Waals surface area contributed by atoms with Crippen LogP contribution >= 0.6 is 0 Å². The van der Waals surface area contributed by atoms with Gasteiger partial charge in [-0.1, -0.05) is 30.3 Å². The maximum absolute atomic E-state index is 13.4. The number of hydrogen-bond donors (Lipinski definition) is 1. The molecule has 1 aromatic heterocycles. The van der Waals surface area contributed by atoms with Gasteiger partial charge in [-0.3, -0.25) is 4.79 Å². The summed E-state index contributed by atoms with van der Waals surface area (Å²) in [6.45, 7) is -0.102. The van der Waals surface area contributed by atoms with E-state index in [1.165, 1.54) is 16.8 Å². The number of aromatic nitrogens is 2. The van der Waals surface area contributed by atoms with E-state index in [0.29, 0.717) is 34.2 Å². The lowest BCUT2D eigenvalue weighted by Crippen LogP contribution is -2.32. The van der Waals surface area contributed by atoms with E-state index in [1.54, 1.807) is 54.6 Å². The van der Waals surface area contributed by atoms with Gasteiger partial charge in [0.1, 0.15) is 24.3 Å². The number of aliphatic hydroxyl groups excluding tert-OH is 1. The highest BCUT2D eigenvalue weighted by atomic mass is 19.1. The molecule has 0 saturated carbocycles. The summed E-state index contributed by atoms with van der Waals surface area (Å²) in [6.07, 6.45) is -0.670. The average Bonchev–Trinajstić information content (AvgIpc) is 2.81. The SMILES string of the molecule is N#CCc1ccc(OCC(O)Cn2nc(-c3ccc(F)cc3)c3ccccc3c2=O)cc1. The van der Waals surface area contributed by atoms with Crippen molar-refractivity contribution < 1.29 is 14.2 Å². The van der Waals surface area contributed by atoms with E-state index in [1.807, 2.05) is 6.07 Å². The minimum Gasteiger partial charge on any atom is -0.491 e. The molecule has 0 radical (unpaired) electrons.